The minimum absolute atomic E-state index is 0.255. The summed E-state index contributed by atoms with van der Waals surface area (Å²) in [6.45, 7) is -0.680. The van der Waals surface area contributed by atoms with Crippen molar-refractivity contribution < 1.29 is 29.4 Å². The highest BCUT2D eigenvalue weighted by Gasteiger charge is 2.40. The number of rotatable bonds is 7. The van der Waals surface area contributed by atoms with E-state index in [4.69, 9.17) is 4.74 Å². The number of thioether (sulfide) groups is 1. The van der Waals surface area contributed by atoms with Crippen LogP contribution in [0.15, 0.2) is 24.3 Å². The van der Waals surface area contributed by atoms with Gasteiger partial charge in [-0.2, -0.15) is 0 Å². The monoisotopic (exact) mass is 357 g/mol. The summed E-state index contributed by atoms with van der Waals surface area (Å²) in [6.07, 6.45) is -2.17. The average Bonchev–Trinajstić information content (AvgIpc) is 2.92. The Balaban J connectivity index is 2.17. The molecule has 11 heteroatoms. The van der Waals surface area contributed by atoms with Crippen LogP contribution in [-0.2, 0) is 4.84 Å². The summed E-state index contributed by atoms with van der Waals surface area (Å²) in [6, 6.07) is 6.88. The van der Waals surface area contributed by atoms with Gasteiger partial charge in [0.1, 0.15) is 18.5 Å². The molecule has 1 saturated heterocycles. The molecule has 1 aliphatic heterocycles. The number of carbonyl (C=O) groups is 2. The number of hydrogen-bond acceptors (Lipinski definition) is 7. The first-order valence-corrected chi connectivity index (χ1v) is 7.68. The molecule has 0 saturated carbocycles. The third-order valence-electron chi connectivity index (χ3n) is 3.34. The Kier molecular flexibility index (Phi) is 5.68. The SMILES string of the molecule is COc1ccc(C2SC(=O)NC2N(CCO[N+](=O)[O-])C(=O)O)cc1. The molecule has 1 aliphatic rings. The fourth-order valence-corrected chi connectivity index (χ4v) is 3.32. The van der Waals surface area contributed by atoms with Gasteiger partial charge in [0.05, 0.1) is 12.4 Å². The zero-order valence-corrected chi connectivity index (χ0v) is 13.4. The number of carboxylic acid groups (broad SMARTS) is 1. The highest BCUT2D eigenvalue weighted by atomic mass is 32.2. The van der Waals surface area contributed by atoms with E-state index < -0.39 is 29.2 Å². The minimum atomic E-state index is -1.31. The van der Waals surface area contributed by atoms with Gasteiger partial charge in [-0.25, -0.2) is 4.79 Å². The largest absolute Gasteiger partial charge is 0.497 e. The lowest BCUT2D eigenvalue weighted by molar-refractivity contribution is -0.757. The highest BCUT2D eigenvalue weighted by molar-refractivity contribution is 8.14. The third kappa shape index (κ3) is 4.19. The fraction of sp³-hybridized carbons (Fsp3) is 0.385. The zero-order chi connectivity index (χ0) is 17.7. The minimum Gasteiger partial charge on any atom is -0.497 e. The maximum Gasteiger partial charge on any atom is 0.409 e. The number of nitrogens with zero attached hydrogens (tertiary/aromatic N) is 2. The summed E-state index contributed by atoms with van der Waals surface area (Å²) in [4.78, 5) is 38.5. The fourth-order valence-electron chi connectivity index (χ4n) is 2.26. The van der Waals surface area contributed by atoms with E-state index in [-0.39, 0.29) is 11.8 Å². The Morgan fingerprint density at radius 2 is 2.12 bits per heavy atom. The molecule has 1 aromatic carbocycles. The van der Waals surface area contributed by atoms with Crippen LogP contribution in [0.25, 0.3) is 0 Å². The predicted octanol–water partition coefficient (Wildman–Crippen LogP) is 1.71. The van der Waals surface area contributed by atoms with E-state index in [0.29, 0.717) is 5.75 Å². The first kappa shape index (κ1) is 17.7. The molecule has 10 nitrogen and oxygen atoms in total. The van der Waals surface area contributed by atoms with Crippen molar-refractivity contribution in [2.75, 3.05) is 20.3 Å². The first-order chi connectivity index (χ1) is 11.4. The lowest BCUT2D eigenvalue weighted by Crippen LogP contribution is -2.49. The van der Waals surface area contributed by atoms with E-state index in [1.54, 1.807) is 24.3 Å². The van der Waals surface area contributed by atoms with Crippen LogP contribution in [0, 0.1) is 10.1 Å². The van der Waals surface area contributed by atoms with Crippen LogP contribution >= 0.6 is 11.8 Å². The second kappa shape index (κ2) is 7.73. The molecule has 1 heterocycles. The summed E-state index contributed by atoms with van der Waals surface area (Å²) >= 11 is 0.955. The van der Waals surface area contributed by atoms with E-state index in [9.17, 15) is 24.8 Å². The van der Waals surface area contributed by atoms with Gasteiger partial charge < -0.3 is 20.0 Å². The van der Waals surface area contributed by atoms with Crippen molar-refractivity contribution in [2.24, 2.45) is 0 Å². The van der Waals surface area contributed by atoms with Crippen molar-refractivity contribution in [2.45, 2.75) is 11.4 Å². The van der Waals surface area contributed by atoms with Crippen molar-refractivity contribution in [1.29, 1.82) is 0 Å². The number of nitrogens with one attached hydrogen (secondary N) is 1. The van der Waals surface area contributed by atoms with E-state index in [2.05, 4.69) is 10.2 Å². The second-order valence-corrected chi connectivity index (χ2v) is 5.84. The van der Waals surface area contributed by atoms with E-state index >= 15 is 0 Å². The maximum atomic E-state index is 11.7. The maximum absolute atomic E-state index is 11.7. The molecule has 2 rings (SSSR count). The van der Waals surface area contributed by atoms with Gasteiger partial charge in [-0.15, -0.1) is 10.1 Å². The average molecular weight is 357 g/mol. The number of ether oxygens (including phenoxy) is 1. The quantitative estimate of drug-likeness (QED) is 0.557. The number of carbonyl (C=O) groups excluding carboxylic acids is 1. The topological polar surface area (TPSA) is 131 Å². The number of amides is 2. The molecule has 24 heavy (non-hydrogen) atoms. The Morgan fingerprint density at radius 1 is 1.46 bits per heavy atom. The summed E-state index contributed by atoms with van der Waals surface area (Å²) in [7, 11) is 1.52. The van der Waals surface area contributed by atoms with Gasteiger partial charge in [-0.1, -0.05) is 23.9 Å². The van der Waals surface area contributed by atoms with Crippen LogP contribution in [0.4, 0.5) is 9.59 Å². The molecule has 2 amide bonds. The number of hydrogen-bond donors (Lipinski definition) is 2. The van der Waals surface area contributed by atoms with Crippen molar-refractivity contribution in [3.8, 4) is 5.75 Å². The van der Waals surface area contributed by atoms with Gasteiger partial charge in [0, 0.05) is 6.54 Å². The van der Waals surface area contributed by atoms with Crippen LogP contribution in [0.3, 0.4) is 0 Å². The molecule has 1 aromatic rings. The summed E-state index contributed by atoms with van der Waals surface area (Å²) < 4.78 is 5.07. The van der Waals surface area contributed by atoms with Gasteiger partial charge >= 0.3 is 6.09 Å². The van der Waals surface area contributed by atoms with Gasteiger partial charge in [0.15, 0.2) is 0 Å². The molecule has 0 spiro atoms. The number of methoxy groups -OCH3 is 1. The lowest BCUT2D eigenvalue weighted by atomic mass is 10.1. The molecule has 0 aliphatic carbocycles. The van der Waals surface area contributed by atoms with Crippen LogP contribution in [0.1, 0.15) is 10.8 Å². The summed E-state index contributed by atoms with van der Waals surface area (Å²) in [5.74, 6) is 0.632. The van der Waals surface area contributed by atoms with E-state index in [0.717, 1.165) is 22.2 Å². The Labute approximate surface area is 140 Å². The molecule has 0 bridgehead atoms. The summed E-state index contributed by atoms with van der Waals surface area (Å²) in [5, 5.41) is 20.3. The van der Waals surface area contributed by atoms with Crippen LogP contribution in [0.2, 0.25) is 0 Å². The predicted molar refractivity (Wildman–Crippen MR) is 83.3 cm³/mol. The second-order valence-electron chi connectivity index (χ2n) is 4.72. The molecule has 0 aromatic heterocycles. The molecular formula is C13H15N3O7S. The van der Waals surface area contributed by atoms with Crippen molar-refractivity contribution >= 4 is 23.1 Å². The molecule has 130 valence electrons. The highest BCUT2D eigenvalue weighted by Crippen LogP contribution is 2.39. The van der Waals surface area contributed by atoms with Gasteiger partial charge in [-0.3, -0.25) is 9.69 Å². The molecule has 0 radical (unpaired) electrons. The van der Waals surface area contributed by atoms with Gasteiger partial charge in [-0.05, 0) is 17.7 Å². The molecule has 2 atom stereocenters. The first-order valence-electron chi connectivity index (χ1n) is 6.80. The molecule has 2 unspecified atom stereocenters. The zero-order valence-electron chi connectivity index (χ0n) is 12.6. The Hall–Kier alpha value is -2.69. The lowest BCUT2D eigenvalue weighted by Gasteiger charge is -2.29. The smallest absolute Gasteiger partial charge is 0.409 e. The Morgan fingerprint density at radius 3 is 2.67 bits per heavy atom. The van der Waals surface area contributed by atoms with Crippen molar-refractivity contribution in [3.63, 3.8) is 0 Å². The Bertz CT molecular complexity index is 624. The standard InChI is InChI=1S/C13H15N3O7S/c1-22-9-4-2-8(3-5-9)10-11(14-12(17)24-10)15(13(18)19)6-7-23-16(20)21/h2-5,10-11H,6-7H2,1H3,(H,14,17)(H,18,19). The number of benzene rings is 1. The van der Waals surface area contributed by atoms with Crippen molar-refractivity contribution in [1.82, 2.24) is 10.2 Å². The van der Waals surface area contributed by atoms with Gasteiger partial charge in [0.25, 0.3) is 10.3 Å². The molecular weight excluding hydrogens is 342 g/mol. The van der Waals surface area contributed by atoms with Crippen molar-refractivity contribution in [3.05, 3.63) is 39.9 Å². The van der Waals surface area contributed by atoms with E-state index in [1.165, 1.54) is 7.11 Å². The normalized spacial score (nSPS) is 19.5. The van der Waals surface area contributed by atoms with Gasteiger partial charge in [0.2, 0.25) is 0 Å². The third-order valence-corrected chi connectivity index (χ3v) is 4.46. The van der Waals surface area contributed by atoms with Crippen LogP contribution in [0.5, 0.6) is 5.75 Å². The van der Waals surface area contributed by atoms with E-state index in [1.807, 2.05) is 0 Å². The molecule has 1 fully saturated rings. The summed E-state index contributed by atoms with van der Waals surface area (Å²) in [5.41, 5.74) is 0.727. The molecule has 2 N–H and O–H groups in total. The van der Waals surface area contributed by atoms with Crippen LogP contribution in [-0.4, -0.2) is 52.9 Å². The van der Waals surface area contributed by atoms with Crippen LogP contribution < -0.4 is 10.1 Å².